The lowest BCUT2D eigenvalue weighted by Gasteiger charge is -2.34. The Morgan fingerprint density at radius 2 is 1.80 bits per heavy atom. The van der Waals surface area contributed by atoms with Crippen molar-refractivity contribution in [2.75, 3.05) is 43.4 Å². The lowest BCUT2D eigenvalue weighted by atomic mass is 9.87. The fourth-order valence-electron chi connectivity index (χ4n) is 6.04. The molecule has 0 bridgehead atoms. The van der Waals surface area contributed by atoms with Crippen molar-refractivity contribution in [1.29, 1.82) is 0 Å². The molecule has 2 aliphatic rings. The molecule has 5 heterocycles. The maximum atomic E-state index is 5.03. The van der Waals surface area contributed by atoms with E-state index in [0.717, 1.165) is 76.6 Å². The maximum absolute atomic E-state index is 5.03. The molecule has 0 radical (unpaired) electrons. The summed E-state index contributed by atoms with van der Waals surface area (Å²) >= 11 is 0. The minimum atomic E-state index is 0.529. The van der Waals surface area contributed by atoms with E-state index in [1.165, 1.54) is 32.1 Å². The fourth-order valence-corrected chi connectivity index (χ4v) is 6.04. The summed E-state index contributed by atoms with van der Waals surface area (Å²) in [6.45, 7) is 8.40. The zero-order valence-electron chi connectivity index (χ0n) is 23.0. The molecule has 4 aromatic heterocycles. The van der Waals surface area contributed by atoms with E-state index >= 15 is 0 Å². The molecule has 1 aliphatic heterocycles. The molecule has 0 atom stereocenters. The normalized spacial score (nSPS) is 17.1. The molecule has 5 aromatic rings. The van der Waals surface area contributed by atoms with Gasteiger partial charge >= 0.3 is 0 Å². The number of hydrogen-bond donors (Lipinski definition) is 3. The highest BCUT2D eigenvalue weighted by Crippen LogP contribution is 2.33. The third-order valence-electron chi connectivity index (χ3n) is 8.40. The zero-order valence-corrected chi connectivity index (χ0v) is 23.0. The largest absolute Gasteiger partial charge is 0.367 e. The Morgan fingerprint density at radius 1 is 0.950 bits per heavy atom. The van der Waals surface area contributed by atoms with Gasteiger partial charge in [0.25, 0.3) is 0 Å². The number of rotatable bonds is 6. The van der Waals surface area contributed by atoms with Crippen LogP contribution in [0.25, 0.3) is 44.8 Å². The van der Waals surface area contributed by atoms with Crippen LogP contribution in [0, 0.1) is 5.92 Å². The molecule has 0 spiro atoms. The first-order valence-electron chi connectivity index (χ1n) is 14.3. The van der Waals surface area contributed by atoms with Gasteiger partial charge in [-0.3, -0.25) is 10.1 Å². The number of allylic oxidation sites excluding steroid dienone is 1. The Morgan fingerprint density at radius 3 is 2.65 bits per heavy atom. The highest BCUT2D eigenvalue weighted by Gasteiger charge is 2.21. The number of piperazine rings is 1. The fraction of sp³-hybridized carbons (Fsp3) is 0.355. The third-order valence-corrected chi connectivity index (χ3v) is 8.40. The minimum Gasteiger partial charge on any atom is -0.367 e. The molecule has 0 amide bonds. The van der Waals surface area contributed by atoms with Crippen LogP contribution in [0.5, 0.6) is 0 Å². The van der Waals surface area contributed by atoms with Crippen molar-refractivity contribution in [3.8, 4) is 22.8 Å². The van der Waals surface area contributed by atoms with Gasteiger partial charge in [-0.2, -0.15) is 5.10 Å². The molecule has 1 aliphatic carbocycles. The van der Waals surface area contributed by atoms with E-state index in [9.17, 15) is 0 Å². The van der Waals surface area contributed by atoms with Crippen LogP contribution in [0.3, 0.4) is 0 Å². The number of pyridine rings is 2. The van der Waals surface area contributed by atoms with Crippen LogP contribution in [0.2, 0.25) is 0 Å². The Labute approximate surface area is 233 Å². The van der Waals surface area contributed by atoms with Gasteiger partial charge in [-0.05, 0) is 56.1 Å². The molecule has 1 saturated heterocycles. The summed E-state index contributed by atoms with van der Waals surface area (Å²) in [7, 11) is 2.17. The summed E-state index contributed by atoms with van der Waals surface area (Å²) in [6.07, 6.45) is 10.0. The first-order chi connectivity index (χ1) is 19.6. The summed E-state index contributed by atoms with van der Waals surface area (Å²) in [5, 5.41) is 11.3. The van der Waals surface area contributed by atoms with E-state index in [0.29, 0.717) is 17.4 Å². The number of H-pyrrole nitrogens is 2. The number of aromatic nitrogens is 6. The Bertz CT molecular complexity index is 1670. The first-order valence-corrected chi connectivity index (χ1v) is 14.3. The summed E-state index contributed by atoms with van der Waals surface area (Å²) < 4.78 is 0. The summed E-state index contributed by atoms with van der Waals surface area (Å²) in [4.78, 5) is 22.8. The van der Waals surface area contributed by atoms with Crippen LogP contribution in [0.15, 0.2) is 61.1 Å². The van der Waals surface area contributed by atoms with Crippen molar-refractivity contribution in [3.63, 3.8) is 0 Å². The molecule has 0 unspecified atom stereocenters. The average molecular weight is 534 g/mol. The second-order valence-electron chi connectivity index (χ2n) is 11.2. The SMILES string of the molecule is C=C(Nc1cncc(-c2ccc3[nH]nc(-c4nc5c(N6CCN(C)CC6)cccc5[nH]4)c3n2)c1)C1CCCCC1. The van der Waals surface area contributed by atoms with Crippen molar-refractivity contribution in [3.05, 3.63) is 61.1 Å². The molecular weight excluding hydrogens is 498 g/mol. The van der Waals surface area contributed by atoms with Gasteiger partial charge in [-0.1, -0.05) is 31.9 Å². The molecule has 204 valence electrons. The monoisotopic (exact) mass is 533 g/mol. The van der Waals surface area contributed by atoms with Gasteiger partial charge < -0.3 is 20.1 Å². The number of aromatic amines is 2. The van der Waals surface area contributed by atoms with Gasteiger partial charge in [0.2, 0.25) is 0 Å². The molecule has 2 fully saturated rings. The molecule has 9 heteroatoms. The van der Waals surface area contributed by atoms with Crippen molar-refractivity contribution in [1.82, 2.24) is 35.0 Å². The van der Waals surface area contributed by atoms with Crippen LogP contribution in [-0.4, -0.2) is 68.3 Å². The van der Waals surface area contributed by atoms with E-state index in [4.69, 9.17) is 9.97 Å². The van der Waals surface area contributed by atoms with Crippen molar-refractivity contribution in [2.24, 2.45) is 5.92 Å². The number of imidazole rings is 1. The van der Waals surface area contributed by atoms with Gasteiger partial charge in [-0.25, -0.2) is 9.97 Å². The lowest BCUT2D eigenvalue weighted by Crippen LogP contribution is -2.44. The number of nitrogens with one attached hydrogen (secondary N) is 3. The molecular formula is C31H35N9. The van der Waals surface area contributed by atoms with Gasteiger partial charge in [0.05, 0.1) is 34.3 Å². The molecule has 40 heavy (non-hydrogen) atoms. The van der Waals surface area contributed by atoms with Crippen molar-refractivity contribution >= 4 is 33.4 Å². The van der Waals surface area contributed by atoms with Crippen LogP contribution in [0.1, 0.15) is 32.1 Å². The number of anilines is 2. The van der Waals surface area contributed by atoms with Crippen LogP contribution >= 0.6 is 0 Å². The number of fused-ring (bicyclic) bond motifs is 2. The Kier molecular flexibility index (Phi) is 6.43. The number of para-hydroxylation sites is 1. The van der Waals surface area contributed by atoms with E-state index in [1.54, 1.807) is 0 Å². The van der Waals surface area contributed by atoms with Crippen LogP contribution < -0.4 is 10.2 Å². The van der Waals surface area contributed by atoms with Gasteiger partial charge in [0.15, 0.2) is 11.5 Å². The van der Waals surface area contributed by atoms with Gasteiger partial charge in [0, 0.05) is 43.6 Å². The predicted molar refractivity (Wildman–Crippen MR) is 161 cm³/mol. The number of benzene rings is 1. The second-order valence-corrected chi connectivity index (χ2v) is 11.2. The van der Waals surface area contributed by atoms with E-state index < -0.39 is 0 Å². The number of likely N-dealkylation sites (N-methyl/N-ethyl adjacent to an activating group) is 1. The van der Waals surface area contributed by atoms with E-state index in [-0.39, 0.29) is 0 Å². The molecule has 7 rings (SSSR count). The number of nitrogens with zero attached hydrogens (tertiary/aromatic N) is 6. The average Bonchev–Trinajstić information content (AvgIpc) is 3.62. The quantitative estimate of drug-likeness (QED) is 0.253. The summed E-state index contributed by atoms with van der Waals surface area (Å²) in [5.74, 6) is 1.24. The Balaban J connectivity index is 1.19. The van der Waals surface area contributed by atoms with Gasteiger partial charge in [-0.15, -0.1) is 0 Å². The van der Waals surface area contributed by atoms with E-state index in [2.05, 4.69) is 73.2 Å². The summed E-state index contributed by atoms with van der Waals surface area (Å²) in [5.41, 5.74) is 9.29. The minimum absolute atomic E-state index is 0.529. The highest BCUT2D eigenvalue weighted by molar-refractivity contribution is 5.95. The number of hydrogen-bond acceptors (Lipinski definition) is 7. The predicted octanol–water partition coefficient (Wildman–Crippen LogP) is 5.82. The summed E-state index contributed by atoms with van der Waals surface area (Å²) in [6, 6.07) is 12.4. The van der Waals surface area contributed by atoms with E-state index in [1.807, 2.05) is 24.5 Å². The maximum Gasteiger partial charge on any atom is 0.161 e. The van der Waals surface area contributed by atoms with Crippen LogP contribution in [-0.2, 0) is 0 Å². The molecule has 9 nitrogen and oxygen atoms in total. The highest BCUT2D eigenvalue weighted by atomic mass is 15.3. The second kappa shape index (κ2) is 10.4. The van der Waals surface area contributed by atoms with Crippen molar-refractivity contribution < 1.29 is 0 Å². The third kappa shape index (κ3) is 4.70. The van der Waals surface area contributed by atoms with Gasteiger partial charge in [0.1, 0.15) is 11.0 Å². The topological polar surface area (TPSA) is 102 Å². The van der Waals surface area contributed by atoms with Crippen molar-refractivity contribution in [2.45, 2.75) is 32.1 Å². The first kappa shape index (κ1) is 24.8. The standard InChI is InChI=1S/C31H35N9/c1-20(21-7-4-3-5-8-21)33-23-17-22(18-32-19-23)24-11-12-26-29(34-24)30(38-37-26)31-35-25-9-6-10-27(28(25)36-31)40-15-13-39(2)14-16-40/h6,9-12,17-19,21,33H,1,3-5,7-8,13-16H2,2H3,(H,35,36)(H,37,38). The molecule has 1 saturated carbocycles. The lowest BCUT2D eigenvalue weighted by molar-refractivity contribution is 0.313. The molecule has 3 N–H and O–H groups in total. The Hall–Kier alpha value is -4.24. The smallest absolute Gasteiger partial charge is 0.161 e. The van der Waals surface area contributed by atoms with Crippen LogP contribution in [0.4, 0.5) is 11.4 Å². The zero-order chi connectivity index (χ0) is 27.1. The molecule has 1 aromatic carbocycles.